The first kappa shape index (κ1) is 23.4. The molecule has 0 saturated carbocycles. The number of hydrogen-bond donors (Lipinski definition) is 2. The topological polar surface area (TPSA) is 89.3 Å². The van der Waals surface area contributed by atoms with Crippen molar-refractivity contribution in [2.45, 2.75) is 25.9 Å². The van der Waals surface area contributed by atoms with Gasteiger partial charge in [-0.3, -0.25) is 9.36 Å². The van der Waals surface area contributed by atoms with Gasteiger partial charge in [0.15, 0.2) is 11.0 Å². The number of amides is 1. The van der Waals surface area contributed by atoms with Crippen molar-refractivity contribution in [3.63, 3.8) is 0 Å². The number of rotatable bonds is 7. The van der Waals surface area contributed by atoms with Gasteiger partial charge in [-0.2, -0.15) is 0 Å². The summed E-state index contributed by atoms with van der Waals surface area (Å²) in [7, 11) is 1.59. The zero-order chi connectivity index (χ0) is 24.2. The number of hydrogen-bond acceptors (Lipinski definition) is 6. The first-order valence-electron chi connectivity index (χ1n) is 10.8. The number of nitrogens with zero attached hydrogens (tertiary/aromatic N) is 3. The molecular formula is C26H26N4O3S. The summed E-state index contributed by atoms with van der Waals surface area (Å²) < 4.78 is 7.36. The summed E-state index contributed by atoms with van der Waals surface area (Å²) in [5, 5.41) is 22.7. The van der Waals surface area contributed by atoms with E-state index in [0.29, 0.717) is 28.0 Å². The molecule has 174 valence electrons. The molecule has 4 rings (SSSR count). The van der Waals surface area contributed by atoms with Gasteiger partial charge in [0.25, 0.3) is 0 Å². The second-order valence-electron chi connectivity index (χ2n) is 7.94. The third kappa shape index (κ3) is 4.77. The molecule has 1 amide bonds. The normalized spacial score (nSPS) is 10.8. The third-order valence-electron chi connectivity index (χ3n) is 5.38. The molecule has 0 aliphatic carbocycles. The summed E-state index contributed by atoms with van der Waals surface area (Å²) in [6.45, 7) is 6.01. The molecule has 2 N–H and O–H groups in total. The lowest BCUT2D eigenvalue weighted by molar-refractivity contribution is -0.113. The molecule has 34 heavy (non-hydrogen) atoms. The van der Waals surface area contributed by atoms with E-state index in [9.17, 15) is 9.90 Å². The molecule has 0 atom stereocenters. The molecular weight excluding hydrogens is 448 g/mol. The van der Waals surface area contributed by atoms with Gasteiger partial charge in [-0.1, -0.05) is 53.7 Å². The van der Waals surface area contributed by atoms with Gasteiger partial charge in [0, 0.05) is 5.69 Å². The Balaban J connectivity index is 1.66. The van der Waals surface area contributed by atoms with E-state index < -0.39 is 0 Å². The molecule has 0 unspecified atom stereocenters. The van der Waals surface area contributed by atoms with E-state index in [-0.39, 0.29) is 17.4 Å². The van der Waals surface area contributed by atoms with Crippen molar-refractivity contribution in [2.75, 3.05) is 18.2 Å². The fourth-order valence-electron chi connectivity index (χ4n) is 3.92. The summed E-state index contributed by atoms with van der Waals surface area (Å²) in [5.41, 5.74) is 5.27. The minimum Gasteiger partial charge on any atom is -0.507 e. The number of para-hydroxylation sites is 3. The molecule has 0 spiro atoms. The number of thioether (sulfide) groups is 1. The van der Waals surface area contributed by atoms with Crippen LogP contribution in [0.3, 0.4) is 0 Å². The number of aryl methyl sites for hydroxylation is 3. The molecule has 8 heteroatoms. The molecule has 3 aromatic carbocycles. The van der Waals surface area contributed by atoms with E-state index >= 15 is 0 Å². The summed E-state index contributed by atoms with van der Waals surface area (Å²) in [5.74, 6) is 1.16. The maximum atomic E-state index is 12.8. The maximum Gasteiger partial charge on any atom is 0.234 e. The molecule has 0 fully saturated rings. The van der Waals surface area contributed by atoms with Crippen LogP contribution < -0.4 is 10.1 Å². The smallest absolute Gasteiger partial charge is 0.234 e. The highest BCUT2D eigenvalue weighted by molar-refractivity contribution is 7.99. The Bertz CT molecular complexity index is 1330. The summed E-state index contributed by atoms with van der Waals surface area (Å²) in [4.78, 5) is 12.8. The Kier molecular flexibility index (Phi) is 6.88. The Morgan fingerprint density at radius 3 is 2.41 bits per heavy atom. The van der Waals surface area contributed by atoms with Crippen LogP contribution in [0.25, 0.3) is 17.1 Å². The second-order valence-corrected chi connectivity index (χ2v) is 8.88. The standard InChI is InChI=1S/C26H26N4O3S/c1-16-13-17(2)24(18(3)14-16)27-23(32)15-34-26-29-28-25(19-9-5-7-11-21(19)31)30(26)20-10-6-8-12-22(20)33-4/h5-14,31H,15H2,1-4H3,(H,27,32). The van der Waals surface area contributed by atoms with Crippen LogP contribution in [0.4, 0.5) is 5.69 Å². The quantitative estimate of drug-likeness (QED) is 0.353. The number of aromatic hydroxyl groups is 1. The van der Waals surface area contributed by atoms with Gasteiger partial charge in [-0.15, -0.1) is 10.2 Å². The molecule has 0 saturated heterocycles. The first-order valence-corrected chi connectivity index (χ1v) is 11.7. The summed E-state index contributed by atoms with van der Waals surface area (Å²) in [6.07, 6.45) is 0. The highest BCUT2D eigenvalue weighted by Crippen LogP contribution is 2.35. The van der Waals surface area contributed by atoms with E-state index in [0.717, 1.165) is 22.4 Å². The van der Waals surface area contributed by atoms with E-state index in [1.807, 2.05) is 63.2 Å². The Labute approximate surface area is 202 Å². The molecule has 1 heterocycles. The lowest BCUT2D eigenvalue weighted by Gasteiger charge is -2.15. The van der Waals surface area contributed by atoms with Crippen molar-refractivity contribution in [3.8, 4) is 28.6 Å². The van der Waals surface area contributed by atoms with Gasteiger partial charge in [-0.25, -0.2) is 0 Å². The van der Waals surface area contributed by atoms with Crippen LogP contribution in [-0.4, -0.2) is 38.6 Å². The number of phenols is 1. The van der Waals surface area contributed by atoms with Gasteiger partial charge < -0.3 is 15.2 Å². The second kappa shape index (κ2) is 10.0. The fourth-order valence-corrected chi connectivity index (χ4v) is 4.66. The number of carbonyl (C=O) groups is 1. The maximum absolute atomic E-state index is 12.8. The van der Waals surface area contributed by atoms with Crippen LogP contribution in [0.1, 0.15) is 16.7 Å². The Hall–Kier alpha value is -3.78. The van der Waals surface area contributed by atoms with Gasteiger partial charge in [0.05, 0.1) is 24.1 Å². The number of anilines is 1. The van der Waals surface area contributed by atoms with Crippen molar-refractivity contribution in [2.24, 2.45) is 0 Å². The fraction of sp³-hybridized carbons (Fsp3) is 0.192. The zero-order valence-corrected chi connectivity index (χ0v) is 20.3. The number of ether oxygens (including phenoxy) is 1. The predicted molar refractivity (Wildman–Crippen MR) is 135 cm³/mol. The molecule has 0 radical (unpaired) electrons. The van der Waals surface area contributed by atoms with Crippen LogP contribution in [0.15, 0.2) is 65.8 Å². The molecule has 4 aromatic rings. The number of benzene rings is 3. The number of carbonyl (C=O) groups excluding carboxylic acids is 1. The average Bonchev–Trinajstić information content (AvgIpc) is 3.23. The SMILES string of the molecule is COc1ccccc1-n1c(SCC(=O)Nc2c(C)cc(C)cc2C)nnc1-c1ccccc1O. The first-order chi connectivity index (χ1) is 16.4. The lowest BCUT2D eigenvalue weighted by atomic mass is 10.1. The number of phenolic OH excluding ortho intramolecular Hbond substituents is 1. The Morgan fingerprint density at radius 1 is 1.03 bits per heavy atom. The van der Waals surface area contributed by atoms with Crippen molar-refractivity contribution < 1.29 is 14.6 Å². The number of aromatic nitrogens is 3. The van der Waals surface area contributed by atoms with Gasteiger partial charge in [0.2, 0.25) is 5.91 Å². The van der Waals surface area contributed by atoms with Crippen molar-refractivity contribution in [3.05, 3.63) is 77.4 Å². The van der Waals surface area contributed by atoms with Crippen LogP contribution >= 0.6 is 11.8 Å². The van der Waals surface area contributed by atoms with Crippen molar-refractivity contribution in [1.29, 1.82) is 0 Å². The van der Waals surface area contributed by atoms with E-state index in [4.69, 9.17) is 4.74 Å². The van der Waals surface area contributed by atoms with E-state index in [1.165, 1.54) is 11.8 Å². The van der Waals surface area contributed by atoms with Crippen molar-refractivity contribution >= 4 is 23.4 Å². The molecule has 0 aliphatic rings. The van der Waals surface area contributed by atoms with Crippen LogP contribution in [0.5, 0.6) is 11.5 Å². The van der Waals surface area contributed by atoms with Gasteiger partial charge in [0.1, 0.15) is 11.5 Å². The zero-order valence-electron chi connectivity index (χ0n) is 19.5. The van der Waals surface area contributed by atoms with E-state index in [1.54, 1.807) is 29.9 Å². The highest BCUT2D eigenvalue weighted by Gasteiger charge is 2.21. The molecule has 7 nitrogen and oxygen atoms in total. The number of methoxy groups -OCH3 is 1. The monoisotopic (exact) mass is 474 g/mol. The van der Waals surface area contributed by atoms with Gasteiger partial charge in [-0.05, 0) is 56.2 Å². The van der Waals surface area contributed by atoms with Gasteiger partial charge >= 0.3 is 0 Å². The third-order valence-corrected chi connectivity index (χ3v) is 6.31. The van der Waals surface area contributed by atoms with Crippen LogP contribution in [0.2, 0.25) is 0 Å². The number of nitrogens with one attached hydrogen (secondary N) is 1. The molecule has 1 aromatic heterocycles. The summed E-state index contributed by atoms with van der Waals surface area (Å²) >= 11 is 1.26. The largest absolute Gasteiger partial charge is 0.507 e. The highest BCUT2D eigenvalue weighted by atomic mass is 32.2. The Morgan fingerprint density at radius 2 is 1.71 bits per heavy atom. The summed E-state index contributed by atoms with van der Waals surface area (Å²) in [6, 6.07) is 18.5. The minimum absolute atomic E-state index is 0.0886. The average molecular weight is 475 g/mol. The van der Waals surface area contributed by atoms with Crippen LogP contribution in [0, 0.1) is 20.8 Å². The predicted octanol–water partition coefficient (Wildman–Crippen LogP) is 5.30. The molecule has 0 bridgehead atoms. The van der Waals surface area contributed by atoms with E-state index in [2.05, 4.69) is 15.5 Å². The minimum atomic E-state index is -0.140. The van der Waals surface area contributed by atoms with Crippen LogP contribution in [-0.2, 0) is 4.79 Å². The lowest BCUT2D eigenvalue weighted by Crippen LogP contribution is -2.16. The van der Waals surface area contributed by atoms with Crippen molar-refractivity contribution in [1.82, 2.24) is 14.8 Å². The molecule has 0 aliphatic heterocycles.